The molecule has 1 amide bonds. The Hall–Kier alpha value is -2.98. The summed E-state index contributed by atoms with van der Waals surface area (Å²) in [6.07, 6.45) is -2.81. The summed E-state index contributed by atoms with van der Waals surface area (Å²) in [4.78, 5) is 16.0. The van der Waals surface area contributed by atoms with Gasteiger partial charge in [0.1, 0.15) is 11.4 Å². The lowest BCUT2D eigenvalue weighted by Gasteiger charge is -2.27. The van der Waals surface area contributed by atoms with Crippen molar-refractivity contribution < 1.29 is 23.1 Å². The summed E-state index contributed by atoms with van der Waals surface area (Å²) in [7, 11) is 0. The van der Waals surface area contributed by atoms with Gasteiger partial charge in [-0.1, -0.05) is 6.07 Å². The molecule has 3 N–H and O–H groups in total. The molecule has 3 aromatic rings. The highest BCUT2D eigenvalue weighted by molar-refractivity contribution is 6.04. The number of nitrogens with one attached hydrogen (secondary N) is 2. The molecule has 3 heterocycles. The Labute approximate surface area is 169 Å². The van der Waals surface area contributed by atoms with Crippen molar-refractivity contribution >= 4 is 22.5 Å². The number of rotatable bonds is 4. The van der Waals surface area contributed by atoms with E-state index >= 15 is 0 Å². The van der Waals surface area contributed by atoms with E-state index in [0.717, 1.165) is 30.6 Å². The fourth-order valence-corrected chi connectivity index (χ4v) is 3.25. The zero-order valence-corrected chi connectivity index (χ0v) is 16.3. The third-order valence-corrected chi connectivity index (χ3v) is 4.97. The van der Waals surface area contributed by atoms with Gasteiger partial charge in [0.05, 0.1) is 17.2 Å². The van der Waals surface area contributed by atoms with Crippen molar-refractivity contribution in [1.29, 1.82) is 0 Å². The number of anilines is 1. The van der Waals surface area contributed by atoms with Crippen molar-refractivity contribution in [3.63, 3.8) is 0 Å². The van der Waals surface area contributed by atoms with Crippen molar-refractivity contribution in [2.75, 3.05) is 18.4 Å². The highest BCUT2D eigenvalue weighted by Crippen LogP contribution is 2.33. The van der Waals surface area contributed by atoms with Gasteiger partial charge in [0, 0.05) is 35.9 Å². The maximum Gasteiger partial charge on any atom is 0.433 e. The monoisotopic (exact) mass is 419 g/mol. The van der Waals surface area contributed by atoms with Crippen LogP contribution in [0, 0.1) is 0 Å². The van der Waals surface area contributed by atoms with E-state index in [0.29, 0.717) is 11.1 Å². The number of carbonyl (C=O) groups excluding carboxylic acids is 1. The van der Waals surface area contributed by atoms with Crippen LogP contribution in [0.5, 0.6) is 0 Å². The maximum absolute atomic E-state index is 12.9. The van der Waals surface area contributed by atoms with Crippen LogP contribution < -0.4 is 10.6 Å². The smallest absolute Gasteiger partial charge is 0.386 e. The molecule has 4 rings (SSSR count). The van der Waals surface area contributed by atoms with Crippen LogP contribution in [0.2, 0.25) is 0 Å². The normalized spacial score (nSPS) is 15.3. The SMILES string of the molecule is CC(C)(O)c1cc2nn(C3CNC3)cc2cc1NC(=O)c1cccc(C(F)(F)F)n1. The predicted molar refractivity (Wildman–Crippen MR) is 104 cm³/mol. The van der Waals surface area contributed by atoms with Crippen LogP contribution in [0.25, 0.3) is 10.9 Å². The summed E-state index contributed by atoms with van der Waals surface area (Å²) in [5.74, 6) is -0.804. The molecule has 158 valence electrons. The number of carbonyl (C=O) groups is 1. The first-order valence-electron chi connectivity index (χ1n) is 9.34. The predicted octanol–water partition coefficient (Wildman–Crippen LogP) is 3.07. The molecule has 1 aliphatic rings. The third kappa shape index (κ3) is 3.88. The Kier molecular flexibility index (Phi) is 4.78. The van der Waals surface area contributed by atoms with Crippen LogP contribution >= 0.6 is 0 Å². The van der Waals surface area contributed by atoms with Gasteiger partial charge in [0.15, 0.2) is 0 Å². The summed E-state index contributed by atoms with van der Waals surface area (Å²) in [5, 5.41) is 21.6. The number of hydrogen-bond donors (Lipinski definition) is 3. The van der Waals surface area contributed by atoms with E-state index in [1.165, 1.54) is 6.07 Å². The van der Waals surface area contributed by atoms with E-state index in [9.17, 15) is 23.1 Å². The number of aliphatic hydroxyl groups is 1. The Bertz CT molecular complexity index is 1110. The minimum absolute atomic E-state index is 0.232. The minimum Gasteiger partial charge on any atom is -0.386 e. The molecule has 0 saturated carbocycles. The number of aromatic nitrogens is 3. The number of nitrogens with zero attached hydrogens (tertiary/aromatic N) is 3. The second kappa shape index (κ2) is 7.06. The lowest BCUT2D eigenvalue weighted by molar-refractivity contribution is -0.141. The van der Waals surface area contributed by atoms with Gasteiger partial charge in [-0.05, 0) is 38.1 Å². The Balaban J connectivity index is 1.71. The molecule has 1 aliphatic heterocycles. The first kappa shape index (κ1) is 20.3. The summed E-state index contributed by atoms with van der Waals surface area (Å²) in [5.41, 5.74) is -1.52. The van der Waals surface area contributed by atoms with Crippen LogP contribution in [0.1, 0.15) is 41.6 Å². The molecule has 10 heteroatoms. The van der Waals surface area contributed by atoms with Crippen molar-refractivity contribution in [3.05, 3.63) is 53.5 Å². The summed E-state index contributed by atoms with van der Waals surface area (Å²) < 4.78 is 40.6. The van der Waals surface area contributed by atoms with E-state index in [1.807, 2.05) is 10.9 Å². The molecule has 30 heavy (non-hydrogen) atoms. The van der Waals surface area contributed by atoms with Crippen LogP contribution in [-0.4, -0.2) is 38.9 Å². The molecule has 1 aromatic carbocycles. The first-order valence-corrected chi connectivity index (χ1v) is 9.34. The van der Waals surface area contributed by atoms with Gasteiger partial charge >= 0.3 is 6.18 Å². The highest BCUT2D eigenvalue weighted by Gasteiger charge is 2.33. The molecular weight excluding hydrogens is 399 g/mol. The molecular formula is C20H20F3N5O2. The van der Waals surface area contributed by atoms with Crippen LogP contribution in [0.4, 0.5) is 18.9 Å². The number of hydrogen-bond acceptors (Lipinski definition) is 5. The van der Waals surface area contributed by atoms with Crippen molar-refractivity contribution in [2.45, 2.75) is 31.7 Å². The second-order valence-corrected chi connectivity index (χ2v) is 7.80. The molecule has 2 aromatic heterocycles. The first-order chi connectivity index (χ1) is 14.0. The van der Waals surface area contributed by atoms with Crippen LogP contribution in [0.15, 0.2) is 36.5 Å². The van der Waals surface area contributed by atoms with Gasteiger partial charge < -0.3 is 15.7 Å². The molecule has 0 atom stereocenters. The fraction of sp³-hybridized carbons (Fsp3) is 0.350. The maximum atomic E-state index is 12.9. The van der Waals surface area contributed by atoms with Gasteiger partial charge in [-0.15, -0.1) is 0 Å². The van der Waals surface area contributed by atoms with Gasteiger partial charge in [0.25, 0.3) is 5.91 Å². The van der Waals surface area contributed by atoms with Crippen LogP contribution in [-0.2, 0) is 11.8 Å². The lowest BCUT2D eigenvalue weighted by atomic mass is 9.95. The minimum atomic E-state index is -4.65. The number of alkyl halides is 3. The zero-order chi connectivity index (χ0) is 21.7. The molecule has 0 radical (unpaired) electrons. The van der Waals surface area contributed by atoms with Gasteiger partial charge in [-0.25, -0.2) is 4.98 Å². The highest BCUT2D eigenvalue weighted by atomic mass is 19.4. The lowest BCUT2D eigenvalue weighted by Crippen LogP contribution is -2.43. The van der Waals surface area contributed by atoms with Gasteiger partial charge in [0.2, 0.25) is 0 Å². The number of benzene rings is 1. The second-order valence-electron chi connectivity index (χ2n) is 7.80. The molecule has 0 bridgehead atoms. The molecule has 0 spiro atoms. The summed E-state index contributed by atoms with van der Waals surface area (Å²) in [6, 6.07) is 6.69. The molecule has 1 saturated heterocycles. The zero-order valence-electron chi connectivity index (χ0n) is 16.3. The largest absolute Gasteiger partial charge is 0.433 e. The number of pyridine rings is 1. The standard InChI is InChI=1S/C20H20F3N5O2/c1-19(2,30)13-7-15-11(10-28(27-15)12-8-24-9-12)6-16(13)26-18(29)14-4-3-5-17(25-14)20(21,22)23/h3-7,10,12,24,30H,8-9H2,1-2H3,(H,26,29). The molecule has 0 aliphatic carbocycles. The van der Waals surface area contributed by atoms with E-state index in [-0.39, 0.29) is 17.4 Å². The molecule has 0 unspecified atom stereocenters. The van der Waals surface area contributed by atoms with Crippen LogP contribution in [0.3, 0.4) is 0 Å². The van der Waals surface area contributed by atoms with E-state index in [2.05, 4.69) is 20.7 Å². The molecule has 1 fully saturated rings. The summed E-state index contributed by atoms with van der Waals surface area (Å²) >= 11 is 0. The van der Waals surface area contributed by atoms with Crippen molar-refractivity contribution in [2.24, 2.45) is 0 Å². The van der Waals surface area contributed by atoms with Gasteiger partial charge in [-0.3, -0.25) is 9.48 Å². The van der Waals surface area contributed by atoms with E-state index < -0.39 is 23.4 Å². The Morgan fingerprint density at radius 1 is 1.27 bits per heavy atom. The third-order valence-electron chi connectivity index (χ3n) is 4.97. The number of fused-ring (bicyclic) bond motifs is 1. The Morgan fingerprint density at radius 2 is 2.00 bits per heavy atom. The van der Waals surface area contributed by atoms with Gasteiger partial charge in [-0.2, -0.15) is 18.3 Å². The summed E-state index contributed by atoms with van der Waals surface area (Å²) in [6.45, 7) is 4.71. The number of amides is 1. The van der Waals surface area contributed by atoms with E-state index in [1.54, 1.807) is 26.0 Å². The topological polar surface area (TPSA) is 92.1 Å². The average Bonchev–Trinajstić information content (AvgIpc) is 3.00. The molecule has 7 nitrogen and oxygen atoms in total. The van der Waals surface area contributed by atoms with Crippen molar-refractivity contribution in [1.82, 2.24) is 20.1 Å². The quantitative estimate of drug-likeness (QED) is 0.605. The number of halogens is 3. The fourth-order valence-electron chi connectivity index (χ4n) is 3.25. The van der Waals surface area contributed by atoms with E-state index in [4.69, 9.17) is 0 Å². The Morgan fingerprint density at radius 3 is 2.60 bits per heavy atom. The average molecular weight is 419 g/mol. The van der Waals surface area contributed by atoms with Crippen molar-refractivity contribution in [3.8, 4) is 0 Å².